The molecule has 0 unspecified atom stereocenters. The SMILES string of the molecule is O=C1/C(=C/c2cc(I)ccc2O)SC(=S)N1c1ccc([N+](=O)[O-])cc1. The Labute approximate surface area is 165 Å². The number of thioether (sulfide) groups is 1. The highest BCUT2D eigenvalue weighted by Gasteiger charge is 2.33. The molecule has 3 rings (SSSR count). The molecule has 0 radical (unpaired) electrons. The maximum atomic E-state index is 12.7. The van der Waals surface area contributed by atoms with Gasteiger partial charge in [-0.05, 0) is 59.0 Å². The second-order valence-corrected chi connectivity index (χ2v) is 7.92. The molecule has 0 saturated carbocycles. The second-order valence-electron chi connectivity index (χ2n) is 4.99. The number of halogens is 1. The summed E-state index contributed by atoms with van der Waals surface area (Å²) < 4.78 is 1.25. The van der Waals surface area contributed by atoms with Crippen molar-refractivity contribution in [3.63, 3.8) is 0 Å². The highest BCUT2D eigenvalue weighted by atomic mass is 127. The maximum Gasteiger partial charge on any atom is 0.270 e. The predicted octanol–water partition coefficient (Wildman–Crippen LogP) is 4.31. The first-order valence-corrected chi connectivity index (χ1v) is 9.18. The van der Waals surface area contributed by atoms with Crippen LogP contribution in [0, 0.1) is 13.7 Å². The predicted molar refractivity (Wildman–Crippen MR) is 110 cm³/mol. The third-order valence-electron chi connectivity index (χ3n) is 3.39. The molecule has 9 heteroatoms. The highest BCUT2D eigenvalue weighted by molar-refractivity contribution is 14.1. The van der Waals surface area contributed by atoms with Crippen molar-refractivity contribution < 1.29 is 14.8 Å². The minimum Gasteiger partial charge on any atom is -0.507 e. The molecule has 25 heavy (non-hydrogen) atoms. The van der Waals surface area contributed by atoms with Gasteiger partial charge in [-0.25, -0.2) is 0 Å². The molecule has 1 amide bonds. The standard InChI is InChI=1S/C16H9IN2O4S2/c17-10-1-6-13(20)9(7-10)8-14-15(21)18(16(24)25-14)11-2-4-12(5-3-11)19(22)23/h1-8,20H/b14-8-. The number of nitrogens with zero attached hydrogens (tertiary/aromatic N) is 2. The van der Waals surface area contributed by atoms with Crippen molar-refractivity contribution in [3.8, 4) is 5.75 Å². The lowest BCUT2D eigenvalue weighted by Crippen LogP contribution is -2.27. The van der Waals surface area contributed by atoms with E-state index < -0.39 is 4.92 Å². The van der Waals surface area contributed by atoms with E-state index in [2.05, 4.69) is 22.6 Å². The highest BCUT2D eigenvalue weighted by Crippen LogP contribution is 2.37. The van der Waals surface area contributed by atoms with E-state index in [-0.39, 0.29) is 17.3 Å². The Morgan fingerprint density at radius 1 is 1.24 bits per heavy atom. The van der Waals surface area contributed by atoms with E-state index in [9.17, 15) is 20.0 Å². The number of nitro groups is 1. The monoisotopic (exact) mass is 484 g/mol. The van der Waals surface area contributed by atoms with Crippen LogP contribution >= 0.6 is 46.6 Å². The van der Waals surface area contributed by atoms with Crippen molar-refractivity contribution >= 4 is 74.2 Å². The number of rotatable bonds is 3. The number of phenolic OH excluding ortho intramolecular Hbond substituents is 1. The zero-order chi connectivity index (χ0) is 18.1. The lowest BCUT2D eigenvalue weighted by atomic mass is 10.2. The van der Waals surface area contributed by atoms with Crippen LogP contribution in [0.1, 0.15) is 5.56 Å². The summed E-state index contributed by atoms with van der Waals surface area (Å²) in [6, 6.07) is 10.7. The molecule has 126 valence electrons. The Balaban J connectivity index is 1.93. The summed E-state index contributed by atoms with van der Waals surface area (Å²) in [5, 5.41) is 20.7. The molecule has 0 aliphatic carbocycles. The first-order chi connectivity index (χ1) is 11.9. The molecule has 0 spiro atoms. The van der Waals surface area contributed by atoms with Gasteiger partial charge in [-0.1, -0.05) is 24.0 Å². The van der Waals surface area contributed by atoms with E-state index in [1.54, 1.807) is 24.3 Å². The summed E-state index contributed by atoms with van der Waals surface area (Å²) in [6.45, 7) is 0. The van der Waals surface area contributed by atoms with Gasteiger partial charge < -0.3 is 5.11 Å². The summed E-state index contributed by atoms with van der Waals surface area (Å²) in [5.74, 6) is -0.261. The van der Waals surface area contributed by atoms with Crippen LogP contribution in [0.5, 0.6) is 5.75 Å². The molecule has 1 saturated heterocycles. The van der Waals surface area contributed by atoms with Gasteiger partial charge in [-0.2, -0.15) is 0 Å². The van der Waals surface area contributed by atoms with Crippen molar-refractivity contribution in [1.29, 1.82) is 0 Å². The van der Waals surface area contributed by atoms with Crippen LogP contribution in [0.25, 0.3) is 6.08 Å². The number of anilines is 1. The summed E-state index contributed by atoms with van der Waals surface area (Å²) in [4.78, 5) is 24.6. The van der Waals surface area contributed by atoms with Crippen molar-refractivity contribution in [2.45, 2.75) is 0 Å². The average molecular weight is 484 g/mol. The Hall–Kier alpha value is -1.98. The first-order valence-electron chi connectivity index (χ1n) is 6.88. The molecule has 0 aromatic heterocycles. The fourth-order valence-electron chi connectivity index (χ4n) is 2.20. The molecular formula is C16H9IN2O4S2. The van der Waals surface area contributed by atoms with Crippen molar-refractivity contribution in [2.24, 2.45) is 0 Å². The molecule has 2 aromatic rings. The Bertz CT molecular complexity index is 928. The van der Waals surface area contributed by atoms with Crippen LogP contribution in [0.3, 0.4) is 0 Å². The Morgan fingerprint density at radius 3 is 2.56 bits per heavy atom. The van der Waals surface area contributed by atoms with Crippen molar-refractivity contribution in [2.75, 3.05) is 4.90 Å². The molecular weight excluding hydrogens is 475 g/mol. The van der Waals surface area contributed by atoms with E-state index in [0.29, 0.717) is 20.5 Å². The van der Waals surface area contributed by atoms with Gasteiger partial charge >= 0.3 is 0 Å². The fourth-order valence-corrected chi connectivity index (χ4v) is 4.00. The van der Waals surface area contributed by atoms with Gasteiger partial charge in [-0.15, -0.1) is 0 Å². The largest absolute Gasteiger partial charge is 0.507 e. The number of hydrogen-bond donors (Lipinski definition) is 1. The van der Waals surface area contributed by atoms with Crippen LogP contribution < -0.4 is 4.90 Å². The van der Waals surface area contributed by atoms with Crippen LogP contribution in [0.2, 0.25) is 0 Å². The Morgan fingerprint density at radius 2 is 1.92 bits per heavy atom. The molecule has 1 aliphatic heterocycles. The minimum absolute atomic E-state index is 0.0616. The van der Waals surface area contributed by atoms with Gasteiger partial charge in [0.25, 0.3) is 11.6 Å². The van der Waals surface area contributed by atoms with E-state index >= 15 is 0 Å². The van der Waals surface area contributed by atoms with Gasteiger partial charge in [0.15, 0.2) is 4.32 Å². The number of nitro benzene ring substituents is 1. The Kier molecular flexibility index (Phi) is 5.06. The topological polar surface area (TPSA) is 83.7 Å². The smallest absolute Gasteiger partial charge is 0.270 e. The number of hydrogen-bond acceptors (Lipinski definition) is 6. The third kappa shape index (κ3) is 3.67. The molecule has 1 heterocycles. The molecule has 1 N–H and O–H groups in total. The van der Waals surface area contributed by atoms with Gasteiger partial charge in [0, 0.05) is 21.3 Å². The van der Waals surface area contributed by atoms with E-state index in [4.69, 9.17) is 12.2 Å². The lowest BCUT2D eigenvalue weighted by molar-refractivity contribution is -0.384. The number of amides is 1. The normalized spacial score (nSPS) is 15.9. The molecule has 1 fully saturated rings. The number of aromatic hydroxyl groups is 1. The van der Waals surface area contributed by atoms with E-state index in [1.807, 2.05) is 0 Å². The van der Waals surface area contributed by atoms with Gasteiger partial charge in [0.1, 0.15) is 5.75 Å². The van der Waals surface area contributed by atoms with Crippen LogP contribution in [0.4, 0.5) is 11.4 Å². The van der Waals surface area contributed by atoms with Gasteiger partial charge in [-0.3, -0.25) is 19.8 Å². The van der Waals surface area contributed by atoms with Crippen LogP contribution in [-0.2, 0) is 4.79 Å². The van der Waals surface area contributed by atoms with Crippen LogP contribution in [-0.4, -0.2) is 20.3 Å². The molecule has 0 bridgehead atoms. The average Bonchev–Trinajstić information content (AvgIpc) is 2.85. The maximum absolute atomic E-state index is 12.7. The number of carbonyl (C=O) groups is 1. The van der Waals surface area contributed by atoms with E-state index in [1.165, 1.54) is 29.2 Å². The summed E-state index contributed by atoms with van der Waals surface area (Å²) in [7, 11) is 0. The zero-order valence-electron chi connectivity index (χ0n) is 12.4. The molecule has 0 atom stereocenters. The quantitative estimate of drug-likeness (QED) is 0.230. The number of benzene rings is 2. The zero-order valence-corrected chi connectivity index (χ0v) is 16.2. The summed E-state index contributed by atoms with van der Waals surface area (Å²) in [5.41, 5.74) is 0.924. The third-order valence-corrected chi connectivity index (χ3v) is 5.36. The number of phenols is 1. The van der Waals surface area contributed by atoms with Crippen molar-refractivity contribution in [3.05, 3.63) is 66.6 Å². The summed E-state index contributed by atoms with van der Waals surface area (Å²) in [6.07, 6.45) is 1.59. The van der Waals surface area contributed by atoms with Gasteiger partial charge in [0.2, 0.25) is 0 Å². The van der Waals surface area contributed by atoms with E-state index in [0.717, 1.165) is 15.3 Å². The second kappa shape index (κ2) is 7.10. The number of non-ortho nitro benzene ring substituents is 1. The molecule has 2 aromatic carbocycles. The minimum atomic E-state index is -0.506. The number of carbonyl (C=O) groups excluding carboxylic acids is 1. The fraction of sp³-hybridized carbons (Fsp3) is 0. The lowest BCUT2D eigenvalue weighted by Gasteiger charge is -2.13. The molecule has 6 nitrogen and oxygen atoms in total. The number of thiocarbonyl (C=S) groups is 1. The van der Waals surface area contributed by atoms with Gasteiger partial charge in [0.05, 0.1) is 15.5 Å². The van der Waals surface area contributed by atoms with Crippen molar-refractivity contribution in [1.82, 2.24) is 0 Å². The first kappa shape index (κ1) is 17.8. The molecule has 1 aliphatic rings. The summed E-state index contributed by atoms with van der Waals surface area (Å²) >= 11 is 8.50. The van der Waals surface area contributed by atoms with Crippen LogP contribution in [0.15, 0.2) is 47.4 Å².